The fourth-order valence-electron chi connectivity index (χ4n) is 3.43. The van der Waals surface area contributed by atoms with E-state index in [2.05, 4.69) is 17.4 Å². The van der Waals surface area contributed by atoms with E-state index in [9.17, 15) is 9.59 Å². The summed E-state index contributed by atoms with van der Waals surface area (Å²) in [6.45, 7) is 11.0. The smallest absolute Gasteiger partial charge is 0.242 e. The second-order valence-electron chi connectivity index (χ2n) is 7.65. The summed E-state index contributed by atoms with van der Waals surface area (Å²) in [7, 11) is 0. The molecule has 0 unspecified atom stereocenters. The monoisotopic (exact) mass is 380 g/mol. The highest BCUT2D eigenvalue weighted by Crippen LogP contribution is 2.15. The molecular weight excluding hydrogens is 348 g/mol. The van der Waals surface area contributed by atoms with E-state index in [4.69, 9.17) is 0 Å². The van der Waals surface area contributed by atoms with Crippen molar-refractivity contribution in [3.05, 3.63) is 70.3 Å². The van der Waals surface area contributed by atoms with Crippen LogP contribution in [0.4, 0.5) is 0 Å². The molecule has 0 aliphatic heterocycles. The van der Waals surface area contributed by atoms with Gasteiger partial charge in [0.05, 0.1) is 6.42 Å². The van der Waals surface area contributed by atoms with Crippen LogP contribution in [0, 0.1) is 20.8 Å². The van der Waals surface area contributed by atoms with E-state index in [1.165, 1.54) is 0 Å². The Morgan fingerprint density at radius 3 is 2.21 bits per heavy atom. The Kier molecular flexibility index (Phi) is 7.80. The van der Waals surface area contributed by atoms with Crippen LogP contribution in [0.1, 0.15) is 48.1 Å². The zero-order chi connectivity index (χ0) is 20.7. The van der Waals surface area contributed by atoms with E-state index in [1.807, 2.05) is 58.0 Å². The molecule has 0 radical (unpaired) electrons. The van der Waals surface area contributed by atoms with Crippen LogP contribution in [0.3, 0.4) is 0 Å². The Hall–Kier alpha value is -2.62. The van der Waals surface area contributed by atoms with Gasteiger partial charge in [-0.05, 0) is 45.2 Å². The molecule has 28 heavy (non-hydrogen) atoms. The molecule has 0 heterocycles. The number of hydrogen-bond donors (Lipinski definition) is 1. The number of aryl methyl sites for hydroxylation is 3. The Bertz CT molecular complexity index is 809. The van der Waals surface area contributed by atoms with Gasteiger partial charge in [0.2, 0.25) is 11.8 Å². The molecule has 4 nitrogen and oxygen atoms in total. The van der Waals surface area contributed by atoms with Gasteiger partial charge in [-0.15, -0.1) is 0 Å². The molecule has 0 aliphatic carbocycles. The Morgan fingerprint density at radius 2 is 1.61 bits per heavy atom. The first-order valence-corrected chi connectivity index (χ1v) is 10.00. The lowest BCUT2D eigenvalue weighted by Crippen LogP contribution is -2.48. The maximum absolute atomic E-state index is 13.2. The zero-order valence-corrected chi connectivity index (χ0v) is 17.7. The third kappa shape index (κ3) is 6.22. The first-order valence-electron chi connectivity index (χ1n) is 10.00. The quantitative estimate of drug-likeness (QED) is 0.750. The van der Waals surface area contributed by atoms with E-state index in [0.29, 0.717) is 19.5 Å². The van der Waals surface area contributed by atoms with Crippen molar-refractivity contribution >= 4 is 11.8 Å². The molecule has 4 heteroatoms. The highest BCUT2D eigenvalue weighted by molar-refractivity contribution is 5.88. The Morgan fingerprint density at radius 1 is 0.964 bits per heavy atom. The van der Waals surface area contributed by atoms with Gasteiger partial charge in [-0.2, -0.15) is 0 Å². The minimum Gasteiger partial charge on any atom is -0.354 e. The van der Waals surface area contributed by atoms with Gasteiger partial charge < -0.3 is 10.2 Å². The van der Waals surface area contributed by atoms with Crippen LogP contribution in [-0.4, -0.2) is 29.3 Å². The van der Waals surface area contributed by atoms with Crippen LogP contribution in [0.15, 0.2) is 42.5 Å². The van der Waals surface area contributed by atoms with Crippen molar-refractivity contribution < 1.29 is 9.59 Å². The predicted octanol–water partition coefficient (Wildman–Crippen LogP) is 4.10. The van der Waals surface area contributed by atoms with Crippen LogP contribution in [0.5, 0.6) is 0 Å². The van der Waals surface area contributed by atoms with E-state index >= 15 is 0 Å². The van der Waals surface area contributed by atoms with Crippen molar-refractivity contribution in [2.75, 3.05) is 6.54 Å². The Balaban J connectivity index is 2.24. The summed E-state index contributed by atoms with van der Waals surface area (Å²) >= 11 is 0. The number of rotatable bonds is 8. The number of benzene rings is 2. The topological polar surface area (TPSA) is 49.4 Å². The summed E-state index contributed by atoms with van der Waals surface area (Å²) in [4.78, 5) is 27.4. The number of carbonyl (C=O) groups is 2. The lowest BCUT2D eigenvalue weighted by molar-refractivity contribution is -0.140. The predicted molar refractivity (Wildman–Crippen MR) is 114 cm³/mol. The number of nitrogens with zero attached hydrogens (tertiary/aromatic N) is 1. The van der Waals surface area contributed by atoms with Crippen molar-refractivity contribution in [1.29, 1.82) is 0 Å². The van der Waals surface area contributed by atoms with E-state index < -0.39 is 6.04 Å². The summed E-state index contributed by atoms with van der Waals surface area (Å²) in [5.41, 5.74) is 5.44. The van der Waals surface area contributed by atoms with Gasteiger partial charge in [-0.25, -0.2) is 0 Å². The second-order valence-corrected chi connectivity index (χ2v) is 7.65. The van der Waals surface area contributed by atoms with Gasteiger partial charge in [0.25, 0.3) is 0 Å². The summed E-state index contributed by atoms with van der Waals surface area (Å²) < 4.78 is 0. The number of carbonyl (C=O) groups excluding carboxylic acids is 2. The van der Waals surface area contributed by atoms with Crippen molar-refractivity contribution in [3.63, 3.8) is 0 Å². The largest absolute Gasteiger partial charge is 0.354 e. The number of nitrogens with one attached hydrogen (secondary N) is 1. The standard InChI is InChI=1S/C24H32N2O2/c1-6-10-25-24(28)20(5)26(16-21-9-7-8-17(2)12-21)23(27)15-22-13-18(3)11-19(4)14-22/h7-9,11-14,20H,6,10,15-16H2,1-5H3,(H,25,28)/t20-/m1/s1. The molecular formula is C24H32N2O2. The first-order chi connectivity index (χ1) is 13.3. The van der Waals surface area contributed by atoms with Gasteiger partial charge in [-0.1, -0.05) is 66.1 Å². The third-order valence-corrected chi connectivity index (χ3v) is 4.79. The van der Waals surface area contributed by atoms with Crippen LogP contribution in [-0.2, 0) is 22.6 Å². The minimum absolute atomic E-state index is 0.0364. The van der Waals surface area contributed by atoms with E-state index in [1.54, 1.807) is 11.8 Å². The molecule has 0 aromatic heterocycles. The van der Waals surface area contributed by atoms with Gasteiger partial charge in [-0.3, -0.25) is 9.59 Å². The first kappa shape index (κ1) is 21.7. The fourth-order valence-corrected chi connectivity index (χ4v) is 3.43. The number of amides is 2. The van der Waals surface area contributed by atoms with Gasteiger partial charge in [0.1, 0.15) is 6.04 Å². The molecule has 0 aliphatic rings. The molecule has 2 amide bonds. The minimum atomic E-state index is -0.523. The van der Waals surface area contributed by atoms with Crippen LogP contribution < -0.4 is 5.32 Å². The molecule has 150 valence electrons. The number of hydrogen-bond acceptors (Lipinski definition) is 2. The normalized spacial score (nSPS) is 11.8. The van der Waals surface area contributed by atoms with E-state index in [-0.39, 0.29) is 11.8 Å². The van der Waals surface area contributed by atoms with Gasteiger partial charge in [0.15, 0.2) is 0 Å². The molecule has 1 atom stereocenters. The molecule has 1 N–H and O–H groups in total. The van der Waals surface area contributed by atoms with Crippen molar-refractivity contribution in [3.8, 4) is 0 Å². The third-order valence-electron chi connectivity index (χ3n) is 4.79. The van der Waals surface area contributed by atoms with Crippen LogP contribution in [0.2, 0.25) is 0 Å². The summed E-state index contributed by atoms with van der Waals surface area (Å²) in [5.74, 6) is -0.145. The highest BCUT2D eigenvalue weighted by atomic mass is 16.2. The summed E-state index contributed by atoms with van der Waals surface area (Å²) in [6.07, 6.45) is 1.16. The van der Waals surface area contributed by atoms with Crippen molar-refractivity contribution in [2.45, 2.75) is 60.0 Å². The van der Waals surface area contributed by atoms with E-state index in [0.717, 1.165) is 34.2 Å². The maximum Gasteiger partial charge on any atom is 0.242 e. The Labute approximate surface area is 169 Å². The van der Waals surface area contributed by atoms with Crippen LogP contribution >= 0.6 is 0 Å². The summed E-state index contributed by atoms with van der Waals surface area (Å²) in [5, 5.41) is 2.91. The van der Waals surface area contributed by atoms with Crippen molar-refractivity contribution in [1.82, 2.24) is 10.2 Å². The van der Waals surface area contributed by atoms with Crippen LogP contribution in [0.25, 0.3) is 0 Å². The highest BCUT2D eigenvalue weighted by Gasteiger charge is 2.26. The molecule has 0 fully saturated rings. The molecule has 2 aromatic rings. The van der Waals surface area contributed by atoms with Gasteiger partial charge >= 0.3 is 0 Å². The molecule has 0 spiro atoms. The molecule has 0 saturated heterocycles. The molecule has 2 aromatic carbocycles. The summed E-state index contributed by atoms with van der Waals surface area (Å²) in [6, 6.07) is 13.7. The van der Waals surface area contributed by atoms with Crippen molar-refractivity contribution in [2.24, 2.45) is 0 Å². The molecule has 2 rings (SSSR count). The SMILES string of the molecule is CCCNC(=O)[C@@H](C)N(Cc1cccc(C)c1)C(=O)Cc1cc(C)cc(C)c1. The average Bonchev–Trinajstić information content (AvgIpc) is 2.62. The average molecular weight is 381 g/mol. The van der Waals surface area contributed by atoms with Gasteiger partial charge in [0, 0.05) is 13.1 Å². The zero-order valence-electron chi connectivity index (χ0n) is 17.7. The molecule has 0 saturated carbocycles. The molecule has 0 bridgehead atoms. The second kappa shape index (κ2) is 10.1. The lowest BCUT2D eigenvalue weighted by Gasteiger charge is -2.29. The lowest BCUT2D eigenvalue weighted by atomic mass is 10.0. The fraction of sp³-hybridized carbons (Fsp3) is 0.417. The maximum atomic E-state index is 13.2.